The first-order valence-electron chi connectivity index (χ1n) is 4.54. The highest BCUT2D eigenvalue weighted by molar-refractivity contribution is 8.08. The molecule has 5 nitrogen and oxygen atoms in total. The van der Waals surface area contributed by atoms with E-state index in [2.05, 4.69) is 5.09 Å². The number of hydrogen-bond donors (Lipinski definition) is 3. The van der Waals surface area contributed by atoms with E-state index in [1.165, 1.54) is 12.2 Å². The highest BCUT2D eigenvalue weighted by Gasteiger charge is 2.15. The third kappa shape index (κ3) is 10.5. The molecule has 0 saturated heterocycles. The molecule has 5 N–H and O–H groups in total. The second-order valence-corrected chi connectivity index (χ2v) is 6.06. The van der Waals surface area contributed by atoms with Crippen LogP contribution in [0.4, 0.5) is 0 Å². The average molecular weight is 289 g/mol. The maximum absolute atomic E-state index is 11.1. The summed E-state index contributed by atoms with van der Waals surface area (Å²) in [6.07, 6.45) is 4.41. The fourth-order valence-electron chi connectivity index (χ4n) is 0.693. The van der Waals surface area contributed by atoms with Gasteiger partial charge in [-0.15, -0.1) is 11.6 Å². The van der Waals surface area contributed by atoms with Gasteiger partial charge in [-0.3, -0.25) is 9.88 Å². The summed E-state index contributed by atoms with van der Waals surface area (Å²) in [5.41, 5.74) is 0. The molecule has 16 heavy (non-hydrogen) atoms. The van der Waals surface area contributed by atoms with Gasteiger partial charge in [-0.1, -0.05) is 19.4 Å². The molecule has 0 bridgehead atoms. The van der Waals surface area contributed by atoms with Gasteiger partial charge in [0.05, 0.1) is 6.61 Å². The van der Waals surface area contributed by atoms with E-state index in [0.29, 0.717) is 6.61 Å². The van der Waals surface area contributed by atoms with E-state index in [4.69, 9.17) is 27.9 Å². The lowest BCUT2D eigenvalue weighted by Gasteiger charge is -2.15. The Bertz CT molecular complexity index is 276. The number of alkyl halides is 1. The van der Waals surface area contributed by atoms with Crippen molar-refractivity contribution in [2.24, 2.45) is 0 Å². The lowest BCUT2D eigenvalue weighted by atomic mass is 10.4. The van der Waals surface area contributed by atoms with Gasteiger partial charge in [-0.25, -0.2) is 0 Å². The molecule has 0 aromatic heterocycles. The predicted octanol–water partition coefficient (Wildman–Crippen LogP) is 2.09. The van der Waals surface area contributed by atoms with Gasteiger partial charge in [0.25, 0.3) is 12.5 Å². The van der Waals surface area contributed by atoms with Crippen LogP contribution in [-0.2, 0) is 21.1 Å². The highest BCUT2D eigenvalue weighted by Crippen LogP contribution is 2.37. The summed E-state index contributed by atoms with van der Waals surface area (Å²) in [6.45, 7) is -0.836. The summed E-state index contributed by atoms with van der Waals surface area (Å²) in [5.74, 6) is -0.253. The zero-order valence-corrected chi connectivity index (χ0v) is 11.7. The molecule has 8 heteroatoms. The minimum Gasteiger partial charge on any atom is -0.344 e. The number of unbranched alkanes of at least 4 members (excludes halogenated alkanes) is 1. The zero-order valence-electron chi connectivity index (χ0n) is 9.19. The van der Waals surface area contributed by atoms with Crippen LogP contribution in [0.1, 0.15) is 19.8 Å². The number of halogens is 1. The molecule has 0 saturated carbocycles. The van der Waals surface area contributed by atoms with Crippen molar-refractivity contribution < 1.29 is 14.2 Å². The maximum Gasteiger partial charge on any atom is 0.287 e. The van der Waals surface area contributed by atoms with Crippen LogP contribution in [0.3, 0.4) is 0 Å². The third-order valence-corrected chi connectivity index (χ3v) is 3.18. The molecule has 0 aliphatic carbocycles. The van der Waals surface area contributed by atoms with Crippen molar-refractivity contribution in [1.29, 1.82) is 0 Å². The number of amides is 1. The lowest BCUT2D eigenvalue weighted by molar-refractivity contribution is -0.115. The number of carbonyl (C=O) groups is 1. The van der Waals surface area contributed by atoms with E-state index in [0.717, 1.165) is 12.8 Å². The summed E-state index contributed by atoms with van der Waals surface area (Å²) in [6, 6.07) is 0. The largest absolute Gasteiger partial charge is 0.344 e. The molecule has 0 radical (unpaired) electrons. The van der Waals surface area contributed by atoms with Crippen molar-refractivity contribution in [3.63, 3.8) is 0 Å². The van der Waals surface area contributed by atoms with Gasteiger partial charge in [0, 0.05) is 12.0 Å². The fourth-order valence-corrected chi connectivity index (χ4v) is 2.07. The summed E-state index contributed by atoms with van der Waals surface area (Å²) in [4.78, 5) is 20.6. The van der Waals surface area contributed by atoms with Crippen LogP contribution in [0, 0.1) is 0 Å². The van der Waals surface area contributed by atoms with Crippen molar-refractivity contribution in [1.82, 2.24) is 11.2 Å². The number of allylic oxidation sites excluding steroid dienone is 1. The monoisotopic (exact) mass is 288 g/mol. The quantitative estimate of drug-likeness (QED) is 0.289. The molecule has 0 fully saturated rings. The number of carbonyl (C=O) groups excluding carboxylic acids is 1. The topological polar surface area (TPSA) is 93.6 Å². The standard InChI is InChI=1S/C8H15ClNO3PS.H3N/c1-2-3-7-13-14(12,15)10-8(11)5-4-6-9;/h4-5H,2-3,6-7H2,1H3,(H2,10,11,12,15);1H3/b5-4+;. The predicted molar refractivity (Wildman–Crippen MR) is 70.4 cm³/mol. The van der Waals surface area contributed by atoms with Crippen LogP contribution in [-0.4, -0.2) is 23.3 Å². The Morgan fingerprint density at radius 2 is 2.31 bits per heavy atom. The molecule has 1 unspecified atom stereocenters. The molecule has 0 aliphatic rings. The van der Waals surface area contributed by atoms with Crippen LogP contribution >= 0.6 is 18.2 Å². The zero-order chi connectivity index (χ0) is 11.7. The van der Waals surface area contributed by atoms with Crippen molar-refractivity contribution in [3.05, 3.63) is 12.2 Å². The summed E-state index contributed by atoms with van der Waals surface area (Å²) in [5, 5.41) is 2.22. The van der Waals surface area contributed by atoms with Crippen LogP contribution < -0.4 is 11.2 Å². The second-order valence-electron chi connectivity index (χ2n) is 2.74. The van der Waals surface area contributed by atoms with E-state index in [-0.39, 0.29) is 12.0 Å². The van der Waals surface area contributed by atoms with Crippen molar-refractivity contribution in [3.8, 4) is 0 Å². The number of rotatable bonds is 7. The minimum absolute atomic E-state index is 0. The van der Waals surface area contributed by atoms with Gasteiger partial charge in [0.15, 0.2) is 0 Å². The van der Waals surface area contributed by atoms with Crippen LogP contribution in [0.15, 0.2) is 12.2 Å². The number of hydrogen-bond acceptors (Lipinski definition) is 4. The molecule has 0 rings (SSSR count). The molecule has 0 aromatic rings. The normalized spacial score (nSPS) is 14.2. The molecule has 0 aliphatic heterocycles. The molecular formula is C8H18ClN2O3PS. The second kappa shape index (κ2) is 10.2. The average Bonchev–Trinajstić information content (AvgIpc) is 2.14. The van der Waals surface area contributed by atoms with Gasteiger partial charge >= 0.3 is 0 Å². The Hall–Kier alpha value is 0.0300. The minimum atomic E-state index is -3.18. The lowest BCUT2D eigenvalue weighted by Crippen LogP contribution is -2.19. The summed E-state index contributed by atoms with van der Waals surface area (Å²) >= 11 is 10.1. The van der Waals surface area contributed by atoms with Gasteiger partial charge in [-0.2, -0.15) is 0 Å². The van der Waals surface area contributed by atoms with Gasteiger partial charge in [-0.05, 0) is 18.2 Å². The highest BCUT2D eigenvalue weighted by atomic mass is 35.5. The molecule has 1 atom stereocenters. The third-order valence-electron chi connectivity index (χ3n) is 1.37. The first-order chi connectivity index (χ1) is 7.02. The van der Waals surface area contributed by atoms with Crippen molar-refractivity contribution >= 4 is 36.0 Å². The summed E-state index contributed by atoms with van der Waals surface area (Å²) < 4.78 is 5.00. The van der Waals surface area contributed by atoms with Gasteiger partial charge in [0.2, 0.25) is 0 Å². The van der Waals surface area contributed by atoms with Crippen molar-refractivity contribution in [2.75, 3.05) is 12.5 Å². The first kappa shape index (κ1) is 18.4. The van der Waals surface area contributed by atoms with Crippen LogP contribution in [0.2, 0.25) is 0 Å². The van der Waals surface area contributed by atoms with E-state index < -0.39 is 12.5 Å². The molecular weight excluding hydrogens is 271 g/mol. The van der Waals surface area contributed by atoms with E-state index in [1.807, 2.05) is 6.92 Å². The Labute approximate surface area is 106 Å². The van der Waals surface area contributed by atoms with Crippen molar-refractivity contribution in [2.45, 2.75) is 19.8 Å². The SMILES string of the molecule is CCCCOP(O)(=S)NC(=O)/C=C/CCl.N. The molecule has 0 spiro atoms. The summed E-state index contributed by atoms with van der Waals surface area (Å²) in [7, 11) is 0. The maximum atomic E-state index is 11.1. The smallest absolute Gasteiger partial charge is 0.287 e. The van der Waals surface area contributed by atoms with E-state index in [9.17, 15) is 9.69 Å². The van der Waals surface area contributed by atoms with Gasteiger partial charge < -0.3 is 15.6 Å². The van der Waals surface area contributed by atoms with E-state index >= 15 is 0 Å². The van der Waals surface area contributed by atoms with Crippen LogP contribution in [0.25, 0.3) is 0 Å². The van der Waals surface area contributed by atoms with E-state index in [1.54, 1.807) is 0 Å². The Balaban J connectivity index is 0. The number of nitrogens with one attached hydrogen (secondary N) is 1. The molecule has 96 valence electrons. The fraction of sp³-hybridized carbons (Fsp3) is 0.625. The molecule has 0 aromatic carbocycles. The Morgan fingerprint density at radius 1 is 1.69 bits per heavy atom. The Morgan fingerprint density at radius 3 is 2.81 bits per heavy atom. The van der Waals surface area contributed by atoms with Crippen LogP contribution in [0.5, 0.6) is 0 Å². The molecule has 0 heterocycles. The first-order valence-corrected chi connectivity index (χ1v) is 7.74. The van der Waals surface area contributed by atoms with Gasteiger partial charge in [0.1, 0.15) is 0 Å². The molecule has 1 amide bonds. The Kier molecular flexibility index (Phi) is 11.7.